The van der Waals surface area contributed by atoms with Crippen molar-refractivity contribution in [2.24, 2.45) is 0 Å². The van der Waals surface area contributed by atoms with Gasteiger partial charge in [0, 0.05) is 19.6 Å². The van der Waals surface area contributed by atoms with Gasteiger partial charge < -0.3 is 15.4 Å². The highest BCUT2D eigenvalue weighted by atomic mass is 16.5. The number of nitrogens with one attached hydrogen (secondary N) is 2. The third-order valence-electron chi connectivity index (χ3n) is 4.05. The lowest BCUT2D eigenvalue weighted by atomic mass is 9.87. The molecule has 120 valence electrons. The van der Waals surface area contributed by atoms with Gasteiger partial charge in [-0.1, -0.05) is 32.0 Å². The van der Waals surface area contributed by atoms with Crippen LogP contribution in [-0.2, 0) is 20.9 Å². The van der Waals surface area contributed by atoms with Crippen LogP contribution in [-0.4, -0.2) is 32.1 Å². The number of hydrogen-bond acceptors (Lipinski definition) is 4. The molecule has 1 heterocycles. The molecule has 0 bridgehead atoms. The third-order valence-corrected chi connectivity index (χ3v) is 4.05. The molecule has 2 rings (SSSR count). The van der Waals surface area contributed by atoms with Crippen molar-refractivity contribution in [3.05, 3.63) is 34.9 Å². The molecule has 1 unspecified atom stereocenters. The molecule has 2 N–H and O–H groups in total. The number of esters is 1. The van der Waals surface area contributed by atoms with Crippen molar-refractivity contribution in [1.29, 1.82) is 0 Å². The summed E-state index contributed by atoms with van der Waals surface area (Å²) in [5.74, 6) is -0.0964. The van der Waals surface area contributed by atoms with Gasteiger partial charge in [0.1, 0.15) is 0 Å². The molecule has 22 heavy (non-hydrogen) atoms. The lowest BCUT2D eigenvalue weighted by Gasteiger charge is -2.26. The zero-order chi connectivity index (χ0) is 16.1. The minimum Gasteiger partial charge on any atom is -0.469 e. The molecule has 1 aromatic rings. The SMILES string of the molecule is COC(=O)CCNC(=O)C1CNCc2cc(C(C)C)ccc21. The quantitative estimate of drug-likeness (QED) is 0.812. The molecule has 1 aromatic carbocycles. The fraction of sp³-hybridized carbons (Fsp3) is 0.529. The van der Waals surface area contributed by atoms with Gasteiger partial charge >= 0.3 is 5.97 Å². The van der Waals surface area contributed by atoms with Crippen LogP contribution in [0.15, 0.2) is 18.2 Å². The first kappa shape index (κ1) is 16.5. The van der Waals surface area contributed by atoms with Crippen LogP contribution in [0.1, 0.15) is 48.8 Å². The van der Waals surface area contributed by atoms with Gasteiger partial charge in [-0.3, -0.25) is 9.59 Å². The zero-order valence-electron chi connectivity index (χ0n) is 13.4. The maximum absolute atomic E-state index is 12.3. The molecular formula is C17H24N2O3. The van der Waals surface area contributed by atoms with E-state index >= 15 is 0 Å². The van der Waals surface area contributed by atoms with E-state index in [4.69, 9.17) is 0 Å². The van der Waals surface area contributed by atoms with Crippen molar-refractivity contribution in [2.75, 3.05) is 20.2 Å². The smallest absolute Gasteiger partial charge is 0.307 e. The van der Waals surface area contributed by atoms with Gasteiger partial charge in [-0.2, -0.15) is 0 Å². The predicted octanol–water partition coefficient (Wildman–Crippen LogP) is 1.68. The van der Waals surface area contributed by atoms with E-state index in [1.54, 1.807) is 0 Å². The monoisotopic (exact) mass is 304 g/mol. The van der Waals surface area contributed by atoms with Crippen molar-refractivity contribution in [3.8, 4) is 0 Å². The Bertz CT molecular complexity index is 555. The van der Waals surface area contributed by atoms with Crippen LogP contribution in [0.3, 0.4) is 0 Å². The normalized spacial score (nSPS) is 17.0. The summed E-state index contributed by atoms with van der Waals surface area (Å²) in [5, 5.41) is 6.11. The molecule has 5 nitrogen and oxygen atoms in total. The minimum absolute atomic E-state index is 0.0466. The average molecular weight is 304 g/mol. The molecule has 0 aliphatic carbocycles. The molecule has 1 aliphatic heterocycles. The van der Waals surface area contributed by atoms with Crippen LogP contribution in [0, 0.1) is 0 Å². The Balaban J connectivity index is 2.05. The molecule has 1 atom stereocenters. The lowest BCUT2D eigenvalue weighted by molar-refractivity contribution is -0.140. The summed E-state index contributed by atoms with van der Waals surface area (Å²) in [4.78, 5) is 23.4. The van der Waals surface area contributed by atoms with Crippen molar-refractivity contribution >= 4 is 11.9 Å². The van der Waals surface area contributed by atoms with Gasteiger partial charge in [-0.25, -0.2) is 0 Å². The van der Waals surface area contributed by atoms with Gasteiger partial charge in [-0.05, 0) is 22.6 Å². The lowest BCUT2D eigenvalue weighted by Crippen LogP contribution is -2.39. The summed E-state index contributed by atoms with van der Waals surface area (Å²) in [7, 11) is 1.35. The fourth-order valence-corrected chi connectivity index (χ4v) is 2.69. The number of hydrogen-bond donors (Lipinski definition) is 2. The van der Waals surface area contributed by atoms with Gasteiger partial charge in [0.25, 0.3) is 0 Å². The van der Waals surface area contributed by atoms with Crippen LogP contribution in [0.4, 0.5) is 0 Å². The molecule has 0 radical (unpaired) electrons. The third kappa shape index (κ3) is 3.85. The molecule has 0 aromatic heterocycles. The highest BCUT2D eigenvalue weighted by Crippen LogP contribution is 2.27. The Hall–Kier alpha value is -1.88. The standard InChI is InChI=1S/C17H24N2O3/c1-11(2)12-4-5-14-13(8-12)9-18-10-15(14)17(21)19-7-6-16(20)22-3/h4-5,8,11,15,18H,6-7,9-10H2,1-3H3,(H,19,21). The topological polar surface area (TPSA) is 67.4 Å². The van der Waals surface area contributed by atoms with Crippen molar-refractivity contribution in [2.45, 2.75) is 38.6 Å². The highest BCUT2D eigenvalue weighted by molar-refractivity contribution is 5.85. The van der Waals surface area contributed by atoms with Crippen molar-refractivity contribution in [3.63, 3.8) is 0 Å². The highest BCUT2D eigenvalue weighted by Gasteiger charge is 2.26. The van der Waals surface area contributed by atoms with E-state index in [1.807, 2.05) is 0 Å². The molecule has 0 fully saturated rings. The Morgan fingerprint density at radius 3 is 2.86 bits per heavy atom. The van der Waals surface area contributed by atoms with E-state index in [1.165, 1.54) is 18.2 Å². The first-order chi connectivity index (χ1) is 10.5. The van der Waals surface area contributed by atoms with Crippen LogP contribution in [0.25, 0.3) is 0 Å². The van der Waals surface area contributed by atoms with Gasteiger partial charge in [-0.15, -0.1) is 0 Å². The number of amides is 1. The number of carbonyl (C=O) groups is 2. The van der Waals surface area contributed by atoms with E-state index < -0.39 is 0 Å². The van der Waals surface area contributed by atoms with Crippen LogP contribution < -0.4 is 10.6 Å². The van der Waals surface area contributed by atoms with E-state index in [-0.39, 0.29) is 24.2 Å². The fourth-order valence-electron chi connectivity index (χ4n) is 2.69. The largest absolute Gasteiger partial charge is 0.469 e. The molecule has 1 amide bonds. The number of methoxy groups -OCH3 is 1. The second kappa shape index (κ2) is 7.40. The van der Waals surface area contributed by atoms with E-state index in [0.29, 0.717) is 19.0 Å². The number of ether oxygens (including phenoxy) is 1. The minimum atomic E-state index is -0.316. The van der Waals surface area contributed by atoms with Gasteiger partial charge in [0.2, 0.25) is 5.91 Å². The Kier molecular flexibility index (Phi) is 5.55. The van der Waals surface area contributed by atoms with E-state index in [9.17, 15) is 9.59 Å². The van der Waals surface area contributed by atoms with E-state index in [2.05, 4.69) is 47.4 Å². The maximum atomic E-state index is 12.3. The molecule has 0 spiro atoms. The number of benzene rings is 1. The molecule has 1 aliphatic rings. The van der Waals surface area contributed by atoms with Crippen molar-refractivity contribution in [1.82, 2.24) is 10.6 Å². The van der Waals surface area contributed by atoms with E-state index in [0.717, 1.165) is 12.1 Å². The average Bonchev–Trinajstić information content (AvgIpc) is 2.53. The molecule has 0 saturated heterocycles. The summed E-state index contributed by atoms with van der Waals surface area (Å²) >= 11 is 0. The molecule has 0 saturated carbocycles. The zero-order valence-corrected chi connectivity index (χ0v) is 13.4. The predicted molar refractivity (Wildman–Crippen MR) is 84.6 cm³/mol. The summed E-state index contributed by atoms with van der Waals surface area (Å²) < 4.78 is 4.57. The summed E-state index contributed by atoms with van der Waals surface area (Å²) in [6, 6.07) is 6.35. The first-order valence-electron chi connectivity index (χ1n) is 7.71. The van der Waals surface area contributed by atoms with Gasteiger partial charge in [0.05, 0.1) is 19.4 Å². The van der Waals surface area contributed by atoms with Crippen molar-refractivity contribution < 1.29 is 14.3 Å². The number of rotatable bonds is 5. The Morgan fingerprint density at radius 1 is 1.41 bits per heavy atom. The number of fused-ring (bicyclic) bond motifs is 1. The second-order valence-electron chi connectivity index (χ2n) is 5.91. The number of carbonyl (C=O) groups excluding carboxylic acids is 2. The Morgan fingerprint density at radius 2 is 2.18 bits per heavy atom. The Labute approximate surface area is 131 Å². The maximum Gasteiger partial charge on any atom is 0.307 e. The molecule has 5 heteroatoms. The van der Waals surface area contributed by atoms with Crippen LogP contribution in [0.2, 0.25) is 0 Å². The van der Waals surface area contributed by atoms with Crippen LogP contribution in [0.5, 0.6) is 0 Å². The summed E-state index contributed by atoms with van der Waals surface area (Å²) in [6.07, 6.45) is 0.196. The second-order valence-corrected chi connectivity index (χ2v) is 5.91. The molecular weight excluding hydrogens is 280 g/mol. The summed E-state index contributed by atoms with van der Waals surface area (Å²) in [5.41, 5.74) is 3.55. The summed E-state index contributed by atoms with van der Waals surface area (Å²) in [6.45, 7) is 6.05. The van der Waals surface area contributed by atoms with Gasteiger partial charge in [0.15, 0.2) is 0 Å². The van der Waals surface area contributed by atoms with Crippen LogP contribution >= 0.6 is 0 Å². The first-order valence-corrected chi connectivity index (χ1v) is 7.71.